The minimum Gasteiger partial charge on any atom is -0.349 e. The molecule has 1 aliphatic rings. The van der Waals surface area contributed by atoms with E-state index >= 15 is 4.39 Å². The van der Waals surface area contributed by atoms with Crippen LogP contribution in [0.5, 0.6) is 0 Å². The van der Waals surface area contributed by atoms with Crippen LogP contribution in [0.1, 0.15) is 11.3 Å². The fourth-order valence-corrected chi connectivity index (χ4v) is 3.77. The van der Waals surface area contributed by atoms with Crippen LogP contribution in [0.25, 0.3) is 22.2 Å². The first kappa shape index (κ1) is 20.3. The summed E-state index contributed by atoms with van der Waals surface area (Å²) in [5, 5.41) is 1.08. The molecular weight excluding hydrogens is 395 g/mol. The number of anilines is 1. The molecule has 1 fully saturated rings. The minimum absolute atomic E-state index is 0.218. The molecule has 0 aliphatic carbocycles. The van der Waals surface area contributed by atoms with Gasteiger partial charge < -0.3 is 4.90 Å². The van der Waals surface area contributed by atoms with Crippen LogP contribution in [0.15, 0.2) is 73.1 Å². The number of aryl methyl sites for hydroxylation is 1. The van der Waals surface area contributed by atoms with Gasteiger partial charge in [0, 0.05) is 23.3 Å². The van der Waals surface area contributed by atoms with Crippen LogP contribution >= 0.6 is 0 Å². The third-order valence-electron chi connectivity index (χ3n) is 5.20. The average molecular weight is 414 g/mol. The maximum absolute atomic E-state index is 15.8. The summed E-state index contributed by atoms with van der Waals surface area (Å²) in [5.74, 6) is 0.785. The molecular formula is C24H19FN4O2. The summed E-state index contributed by atoms with van der Waals surface area (Å²) in [6.07, 6.45) is 3.43. The summed E-state index contributed by atoms with van der Waals surface area (Å²) < 4.78 is 15.8. The average Bonchev–Trinajstić information content (AvgIpc) is 2.77. The molecule has 2 aromatic heterocycles. The number of para-hydroxylation sites is 1. The number of alkyl halides is 1. The highest BCUT2D eigenvalue weighted by atomic mass is 19.1. The molecule has 0 N–H and O–H groups in total. The molecule has 0 bridgehead atoms. The lowest BCUT2D eigenvalue weighted by atomic mass is 9.88. The fourth-order valence-electron chi connectivity index (χ4n) is 3.77. The van der Waals surface area contributed by atoms with Crippen molar-refractivity contribution in [2.24, 2.45) is 0 Å². The number of halogens is 1. The number of hydrogen-bond donors (Lipinski definition) is 0. The molecule has 1 aliphatic heterocycles. The molecule has 7 heteroatoms. The van der Waals surface area contributed by atoms with E-state index in [0.717, 1.165) is 27.8 Å². The highest BCUT2D eigenvalue weighted by molar-refractivity contribution is 5.80. The Kier molecular flexibility index (Phi) is 5.52. The Balaban J connectivity index is 0.000000730. The van der Waals surface area contributed by atoms with Crippen LogP contribution in [-0.2, 0) is 15.3 Å². The number of carbonyl (C=O) groups excluding carboxylic acids is 2. The Labute approximate surface area is 178 Å². The zero-order chi connectivity index (χ0) is 21.8. The predicted octanol–water partition coefficient (Wildman–Crippen LogP) is 4.10. The lowest BCUT2D eigenvalue weighted by molar-refractivity contribution is -0.191. The van der Waals surface area contributed by atoms with E-state index in [2.05, 4.69) is 15.0 Å². The normalized spacial score (nSPS) is 14.2. The number of pyridine rings is 1. The molecule has 6 nitrogen and oxygen atoms in total. The molecule has 0 radical (unpaired) electrons. The Bertz CT molecular complexity index is 1270. The summed E-state index contributed by atoms with van der Waals surface area (Å²) >= 11 is 0. The molecule has 3 heterocycles. The minimum atomic E-state index is -1.54. The quantitative estimate of drug-likeness (QED) is 0.502. The van der Waals surface area contributed by atoms with Crippen molar-refractivity contribution in [3.05, 3.63) is 84.3 Å². The second kappa shape index (κ2) is 8.42. The number of aromatic nitrogens is 3. The van der Waals surface area contributed by atoms with Gasteiger partial charge in [0.25, 0.3) is 0 Å². The van der Waals surface area contributed by atoms with Crippen LogP contribution in [0.3, 0.4) is 0 Å². The molecule has 0 unspecified atom stereocenters. The van der Waals surface area contributed by atoms with E-state index in [1.54, 1.807) is 12.4 Å². The van der Waals surface area contributed by atoms with E-state index in [9.17, 15) is 0 Å². The summed E-state index contributed by atoms with van der Waals surface area (Å²) in [7, 11) is 0. The summed E-state index contributed by atoms with van der Waals surface area (Å²) in [5.41, 5.74) is 2.38. The van der Waals surface area contributed by atoms with E-state index in [4.69, 9.17) is 9.59 Å². The van der Waals surface area contributed by atoms with E-state index in [-0.39, 0.29) is 19.2 Å². The Morgan fingerprint density at radius 1 is 0.968 bits per heavy atom. The highest BCUT2D eigenvalue weighted by Crippen LogP contribution is 2.41. The van der Waals surface area contributed by atoms with Gasteiger partial charge in [-0.3, -0.25) is 9.97 Å². The maximum Gasteiger partial charge on any atom is 0.373 e. The molecule has 2 aromatic carbocycles. The summed E-state index contributed by atoms with van der Waals surface area (Å²) in [4.78, 5) is 31.7. The van der Waals surface area contributed by atoms with Crippen LogP contribution in [0, 0.1) is 6.92 Å². The Morgan fingerprint density at radius 3 is 2.48 bits per heavy atom. The monoisotopic (exact) mass is 414 g/mol. The van der Waals surface area contributed by atoms with Crippen LogP contribution in [-0.4, -0.2) is 34.2 Å². The maximum atomic E-state index is 15.8. The zero-order valence-corrected chi connectivity index (χ0v) is 16.8. The topological polar surface area (TPSA) is 76.1 Å². The first-order chi connectivity index (χ1) is 15.0. The number of fused-ring (bicyclic) bond motifs is 1. The van der Waals surface area contributed by atoms with Crippen molar-refractivity contribution in [1.29, 1.82) is 0 Å². The second-order valence-electron chi connectivity index (χ2n) is 7.39. The first-order valence-corrected chi connectivity index (χ1v) is 9.71. The Morgan fingerprint density at radius 2 is 1.71 bits per heavy atom. The van der Waals surface area contributed by atoms with Gasteiger partial charge >= 0.3 is 6.15 Å². The largest absolute Gasteiger partial charge is 0.373 e. The number of nitrogens with zero attached hydrogens (tertiary/aromatic N) is 4. The standard InChI is InChI=1S/C23H19FN4.CO2/c1-16-5-4-7-18(13-16)21-22(26-12-11-25-21)23(24)14-28(15-23)20-10-9-17-6-2-3-8-19(17)27-20;2-1-3/h2-13H,14-15H2,1H3;. The van der Waals surface area contributed by atoms with Crippen molar-refractivity contribution < 1.29 is 14.0 Å². The Hall–Kier alpha value is -3.96. The van der Waals surface area contributed by atoms with Gasteiger partial charge in [0.05, 0.1) is 24.3 Å². The van der Waals surface area contributed by atoms with Crippen molar-refractivity contribution in [3.8, 4) is 11.3 Å². The van der Waals surface area contributed by atoms with Crippen molar-refractivity contribution in [2.75, 3.05) is 18.0 Å². The summed E-state index contributed by atoms with van der Waals surface area (Å²) in [6, 6.07) is 19.8. The number of hydrogen-bond acceptors (Lipinski definition) is 6. The second-order valence-corrected chi connectivity index (χ2v) is 7.39. The van der Waals surface area contributed by atoms with Gasteiger partial charge in [-0.25, -0.2) is 9.37 Å². The molecule has 1 saturated heterocycles. The van der Waals surface area contributed by atoms with Crippen molar-refractivity contribution in [1.82, 2.24) is 15.0 Å². The van der Waals surface area contributed by atoms with E-state index in [1.165, 1.54) is 0 Å². The van der Waals surface area contributed by atoms with Gasteiger partial charge in [-0.05, 0) is 31.2 Å². The van der Waals surface area contributed by atoms with Gasteiger partial charge in [-0.15, -0.1) is 0 Å². The van der Waals surface area contributed by atoms with Gasteiger partial charge in [0.1, 0.15) is 11.5 Å². The first-order valence-electron chi connectivity index (χ1n) is 9.71. The SMILES string of the molecule is Cc1cccc(-c2nccnc2C2(F)CN(c3ccc4ccccc4n3)C2)c1.O=C=O. The van der Waals surface area contributed by atoms with Crippen LogP contribution in [0.2, 0.25) is 0 Å². The summed E-state index contributed by atoms with van der Waals surface area (Å²) in [6.45, 7) is 2.45. The molecule has 4 aromatic rings. The van der Waals surface area contributed by atoms with Crippen molar-refractivity contribution in [2.45, 2.75) is 12.6 Å². The van der Waals surface area contributed by atoms with Gasteiger partial charge in [-0.2, -0.15) is 9.59 Å². The molecule has 154 valence electrons. The molecule has 0 saturated carbocycles. The highest BCUT2D eigenvalue weighted by Gasteiger charge is 2.48. The van der Waals surface area contributed by atoms with E-state index < -0.39 is 5.67 Å². The van der Waals surface area contributed by atoms with Crippen LogP contribution < -0.4 is 4.90 Å². The third-order valence-corrected chi connectivity index (χ3v) is 5.20. The van der Waals surface area contributed by atoms with E-state index in [0.29, 0.717) is 11.4 Å². The smallest absolute Gasteiger partial charge is 0.349 e. The molecule has 5 rings (SSSR count). The van der Waals surface area contributed by atoms with Crippen molar-refractivity contribution >= 4 is 22.9 Å². The van der Waals surface area contributed by atoms with Gasteiger partial charge in [0.2, 0.25) is 0 Å². The lowest BCUT2D eigenvalue weighted by Crippen LogP contribution is -2.57. The fraction of sp³-hybridized carbons (Fsp3) is 0.167. The molecule has 0 atom stereocenters. The number of benzene rings is 2. The number of rotatable bonds is 3. The van der Waals surface area contributed by atoms with E-state index in [1.807, 2.05) is 72.5 Å². The molecule has 0 spiro atoms. The lowest BCUT2D eigenvalue weighted by Gasteiger charge is -2.45. The molecule has 0 amide bonds. The third kappa shape index (κ3) is 4.04. The predicted molar refractivity (Wildman–Crippen MR) is 114 cm³/mol. The van der Waals surface area contributed by atoms with Gasteiger partial charge in [-0.1, -0.05) is 42.0 Å². The van der Waals surface area contributed by atoms with Crippen LogP contribution in [0.4, 0.5) is 10.2 Å². The molecule has 31 heavy (non-hydrogen) atoms. The van der Waals surface area contributed by atoms with Crippen molar-refractivity contribution in [3.63, 3.8) is 0 Å². The zero-order valence-electron chi connectivity index (χ0n) is 16.8. The van der Waals surface area contributed by atoms with Gasteiger partial charge in [0.15, 0.2) is 5.67 Å².